The maximum atomic E-state index is 12.6. The van der Waals surface area contributed by atoms with Crippen molar-refractivity contribution in [3.63, 3.8) is 0 Å². The van der Waals surface area contributed by atoms with E-state index in [4.69, 9.17) is 10.5 Å². The number of nitrogens with zero attached hydrogens (tertiary/aromatic N) is 2. The van der Waals surface area contributed by atoms with Crippen LogP contribution in [-0.4, -0.2) is 39.8 Å². The Balaban J connectivity index is 1.36. The van der Waals surface area contributed by atoms with Crippen LogP contribution in [0.4, 0.5) is 0 Å². The fraction of sp³-hybridized carbons (Fsp3) is 0.316. The Hall–Kier alpha value is -2.71. The Morgan fingerprint density at radius 1 is 1.30 bits per heavy atom. The summed E-state index contributed by atoms with van der Waals surface area (Å²) in [5, 5.41) is 0. The van der Waals surface area contributed by atoms with Crippen LogP contribution in [0, 0.1) is 0 Å². The van der Waals surface area contributed by atoms with Gasteiger partial charge in [-0.3, -0.25) is 9.59 Å². The highest BCUT2D eigenvalue weighted by molar-refractivity contribution is 7.14. The van der Waals surface area contributed by atoms with Gasteiger partial charge in [-0.25, -0.2) is 4.98 Å². The van der Waals surface area contributed by atoms with Crippen molar-refractivity contribution >= 4 is 34.2 Å². The van der Waals surface area contributed by atoms with Crippen molar-refractivity contribution < 1.29 is 14.3 Å². The van der Waals surface area contributed by atoms with Gasteiger partial charge in [0.2, 0.25) is 5.91 Å². The van der Waals surface area contributed by atoms with Gasteiger partial charge in [-0.15, -0.1) is 11.3 Å². The Labute approximate surface area is 160 Å². The van der Waals surface area contributed by atoms with Crippen LogP contribution in [0.25, 0.3) is 11.0 Å². The molecule has 1 fully saturated rings. The van der Waals surface area contributed by atoms with Gasteiger partial charge in [-0.05, 0) is 37.1 Å². The van der Waals surface area contributed by atoms with Crippen molar-refractivity contribution in [1.29, 1.82) is 0 Å². The number of likely N-dealkylation sites (tertiary alicyclic amines) is 1. The molecule has 140 valence electrons. The van der Waals surface area contributed by atoms with Gasteiger partial charge >= 0.3 is 0 Å². The van der Waals surface area contributed by atoms with Gasteiger partial charge in [0.1, 0.15) is 19.0 Å². The second-order valence-electron chi connectivity index (χ2n) is 6.50. The Bertz CT molecular complexity index is 947. The molecule has 27 heavy (non-hydrogen) atoms. The summed E-state index contributed by atoms with van der Waals surface area (Å²) in [6.07, 6.45) is 1.82. The molecule has 1 aliphatic heterocycles. The number of carbonyl (C=O) groups is 2. The number of fused-ring (bicyclic) bond motifs is 1. The summed E-state index contributed by atoms with van der Waals surface area (Å²) in [5.41, 5.74) is 7.16. The molecule has 8 heteroatoms. The molecule has 0 aliphatic carbocycles. The number of hydrogen-bond acceptors (Lipinski definition) is 5. The van der Waals surface area contributed by atoms with E-state index in [1.165, 1.54) is 11.3 Å². The number of imidazole rings is 1. The van der Waals surface area contributed by atoms with Gasteiger partial charge in [-0.2, -0.15) is 0 Å². The maximum Gasteiger partial charge on any atom is 0.258 e. The fourth-order valence-electron chi connectivity index (χ4n) is 3.42. The molecule has 3 N–H and O–H groups in total. The fourth-order valence-corrected chi connectivity index (χ4v) is 4.43. The number of primary amides is 1. The summed E-state index contributed by atoms with van der Waals surface area (Å²) in [7, 11) is 0. The third kappa shape index (κ3) is 3.72. The largest absolute Gasteiger partial charge is 0.365 e. The van der Waals surface area contributed by atoms with E-state index >= 15 is 0 Å². The van der Waals surface area contributed by atoms with E-state index in [9.17, 15) is 9.59 Å². The Morgan fingerprint density at radius 3 is 2.93 bits per heavy atom. The predicted molar refractivity (Wildman–Crippen MR) is 102 cm³/mol. The summed E-state index contributed by atoms with van der Waals surface area (Å²) in [6, 6.07) is 11.3. The lowest BCUT2D eigenvalue weighted by Gasteiger charge is -2.23. The number of aromatic nitrogens is 2. The van der Waals surface area contributed by atoms with Gasteiger partial charge in [-0.1, -0.05) is 12.1 Å². The average molecular weight is 384 g/mol. The standard InChI is InChI=1S/C19H20N4O3S/c20-19(25)16-8-7-15(27-16)14-6-3-9-23(14)18(24)11-26-10-17-21-12-4-1-2-5-13(12)22-17/h1-2,4-5,7-8,14H,3,6,9-11H2,(H2,20,25)(H,21,22)/t14-/m1/s1. The van der Waals surface area contributed by atoms with E-state index in [0.29, 0.717) is 17.2 Å². The number of benzene rings is 1. The van der Waals surface area contributed by atoms with E-state index in [0.717, 1.165) is 28.8 Å². The molecule has 1 saturated heterocycles. The summed E-state index contributed by atoms with van der Waals surface area (Å²) in [5.74, 6) is 0.213. The topological polar surface area (TPSA) is 101 Å². The Kier molecular flexibility index (Phi) is 4.91. The third-order valence-electron chi connectivity index (χ3n) is 4.67. The first kappa shape index (κ1) is 17.7. The zero-order valence-corrected chi connectivity index (χ0v) is 15.5. The van der Waals surface area contributed by atoms with E-state index < -0.39 is 5.91 Å². The van der Waals surface area contributed by atoms with Crippen LogP contribution in [0.15, 0.2) is 36.4 Å². The van der Waals surface area contributed by atoms with E-state index in [2.05, 4.69) is 9.97 Å². The highest BCUT2D eigenvalue weighted by Gasteiger charge is 2.31. The van der Waals surface area contributed by atoms with Gasteiger partial charge in [0.05, 0.1) is 22.0 Å². The van der Waals surface area contributed by atoms with Crippen molar-refractivity contribution in [3.8, 4) is 0 Å². The van der Waals surface area contributed by atoms with Crippen LogP contribution in [0.3, 0.4) is 0 Å². The van der Waals surface area contributed by atoms with E-state index in [1.54, 1.807) is 6.07 Å². The first-order valence-electron chi connectivity index (χ1n) is 8.82. The molecule has 0 unspecified atom stereocenters. The lowest BCUT2D eigenvalue weighted by Crippen LogP contribution is -2.33. The predicted octanol–water partition coefficient (Wildman–Crippen LogP) is 2.60. The molecule has 3 heterocycles. The summed E-state index contributed by atoms with van der Waals surface area (Å²) in [6.45, 7) is 0.951. The van der Waals surface area contributed by atoms with Crippen molar-refractivity contribution in [3.05, 3.63) is 52.0 Å². The number of hydrogen-bond donors (Lipinski definition) is 2. The number of nitrogens with one attached hydrogen (secondary N) is 1. The monoisotopic (exact) mass is 384 g/mol. The first-order valence-corrected chi connectivity index (χ1v) is 9.64. The van der Waals surface area contributed by atoms with Crippen molar-refractivity contribution in [2.75, 3.05) is 13.2 Å². The Morgan fingerprint density at radius 2 is 2.15 bits per heavy atom. The van der Waals surface area contributed by atoms with Crippen LogP contribution in [0.1, 0.15) is 39.3 Å². The first-order chi connectivity index (χ1) is 13.1. The number of H-pyrrole nitrogens is 1. The van der Waals surface area contributed by atoms with Crippen LogP contribution < -0.4 is 5.73 Å². The maximum absolute atomic E-state index is 12.6. The van der Waals surface area contributed by atoms with E-state index in [1.807, 2.05) is 35.2 Å². The summed E-state index contributed by atoms with van der Waals surface area (Å²) in [4.78, 5) is 34.9. The molecule has 1 aliphatic rings. The SMILES string of the molecule is NC(=O)c1ccc([C@H]2CCCN2C(=O)COCc2nc3ccccc3[nH]2)s1. The number of para-hydroxylation sites is 2. The van der Waals surface area contributed by atoms with Gasteiger partial charge in [0, 0.05) is 11.4 Å². The molecule has 0 radical (unpaired) electrons. The van der Waals surface area contributed by atoms with Crippen molar-refractivity contribution in [2.45, 2.75) is 25.5 Å². The molecule has 4 rings (SSSR count). The molecule has 0 bridgehead atoms. The zero-order chi connectivity index (χ0) is 18.8. The number of ether oxygens (including phenoxy) is 1. The van der Waals surface area contributed by atoms with Gasteiger partial charge in [0.15, 0.2) is 0 Å². The molecular weight excluding hydrogens is 364 g/mol. The van der Waals surface area contributed by atoms with Gasteiger partial charge in [0.25, 0.3) is 5.91 Å². The van der Waals surface area contributed by atoms with Crippen molar-refractivity contribution in [2.24, 2.45) is 5.73 Å². The van der Waals surface area contributed by atoms with Crippen LogP contribution in [0.2, 0.25) is 0 Å². The lowest BCUT2D eigenvalue weighted by molar-refractivity contribution is -0.137. The number of nitrogens with two attached hydrogens (primary N) is 1. The number of rotatable bonds is 6. The quantitative estimate of drug-likeness (QED) is 0.682. The van der Waals surface area contributed by atoms with Crippen molar-refractivity contribution in [1.82, 2.24) is 14.9 Å². The van der Waals surface area contributed by atoms with Gasteiger partial charge < -0.3 is 20.4 Å². The molecule has 0 spiro atoms. The third-order valence-corrected chi connectivity index (χ3v) is 5.87. The minimum absolute atomic E-state index is 0.00158. The second kappa shape index (κ2) is 7.50. The molecular formula is C19H20N4O3S. The number of carbonyl (C=O) groups excluding carboxylic acids is 2. The highest BCUT2D eigenvalue weighted by atomic mass is 32.1. The number of amides is 2. The number of thiophene rings is 1. The average Bonchev–Trinajstić information content (AvgIpc) is 3.38. The smallest absolute Gasteiger partial charge is 0.258 e. The zero-order valence-electron chi connectivity index (χ0n) is 14.7. The molecule has 2 amide bonds. The normalized spacial score (nSPS) is 16.9. The molecule has 1 atom stereocenters. The van der Waals surface area contributed by atoms with Crippen LogP contribution in [0.5, 0.6) is 0 Å². The summed E-state index contributed by atoms with van der Waals surface area (Å²) >= 11 is 1.36. The summed E-state index contributed by atoms with van der Waals surface area (Å²) < 4.78 is 5.60. The highest BCUT2D eigenvalue weighted by Crippen LogP contribution is 2.35. The minimum Gasteiger partial charge on any atom is -0.365 e. The van der Waals surface area contributed by atoms with Crippen LogP contribution >= 0.6 is 11.3 Å². The van der Waals surface area contributed by atoms with E-state index in [-0.39, 0.29) is 25.2 Å². The molecule has 7 nitrogen and oxygen atoms in total. The number of aromatic amines is 1. The molecule has 0 saturated carbocycles. The second-order valence-corrected chi connectivity index (χ2v) is 7.62. The van der Waals surface area contributed by atoms with Crippen LogP contribution in [-0.2, 0) is 16.1 Å². The minimum atomic E-state index is -0.434. The molecule has 1 aromatic carbocycles. The lowest BCUT2D eigenvalue weighted by atomic mass is 10.2. The molecule has 3 aromatic rings. The molecule has 2 aromatic heterocycles.